The first-order valence-electron chi connectivity index (χ1n) is 8.26. The number of amides is 1. The van der Waals surface area contributed by atoms with E-state index in [9.17, 15) is 4.79 Å². The van der Waals surface area contributed by atoms with E-state index in [-0.39, 0.29) is 5.91 Å². The van der Waals surface area contributed by atoms with Gasteiger partial charge >= 0.3 is 0 Å². The molecule has 0 saturated heterocycles. The van der Waals surface area contributed by atoms with E-state index in [1.54, 1.807) is 6.07 Å². The number of anilines is 3. The van der Waals surface area contributed by atoms with Gasteiger partial charge in [0.1, 0.15) is 0 Å². The van der Waals surface area contributed by atoms with Crippen molar-refractivity contribution in [2.24, 2.45) is 0 Å². The van der Waals surface area contributed by atoms with Gasteiger partial charge in [-0.05, 0) is 36.8 Å². The fourth-order valence-electron chi connectivity index (χ4n) is 2.59. The largest absolute Gasteiger partial charge is 0.325 e. The Hall–Kier alpha value is -3.21. The summed E-state index contributed by atoms with van der Waals surface area (Å²) in [7, 11) is 0. The lowest BCUT2D eigenvalue weighted by molar-refractivity contribution is -0.115. The molecule has 0 bridgehead atoms. The third kappa shape index (κ3) is 4.41. The number of nitrogens with zero attached hydrogens (tertiary/aromatic N) is 3. The summed E-state index contributed by atoms with van der Waals surface area (Å²) in [4.78, 5) is 14.1. The highest BCUT2D eigenvalue weighted by molar-refractivity contribution is 5.91. The van der Waals surface area contributed by atoms with E-state index >= 15 is 0 Å². The molecular weight excluding hydrogens is 312 g/mol. The van der Waals surface area contributed by atoms with Crippen molar-refractivity contribution in [2.45, 2.75) is 13.3 Å². The average molecular weight is 332 g/mol. The summed E-state index contributed by atoms with van der Waals surface area (Å²) in [5.41, 5.74) is 2.02. The van der Waals surface area contributed by atoms with Gasteiger partial charge in [-0.15, -0.1) is 10.2 Å². The normalized spacial score (nSPS) is 10.3. The Bertz CT molecular complexity index is 804. The summed E-state index contributed by atoms with van der Waals surface area (Å²) in [5.74, 6) is 1.09. The third-order valence-electron chi connectivity index (χ3n) is 3.79. The van der Waals surface area contributed by atoms with Crippen LogP contribution in [0.4, 0.5) is 17.3 Å². The lowest BCUT2D eigenvalue weighted by Crippen LogP contribution is -2.19. The van der Waals surface area contributed by atoms with Gasteiger partial charge in [-0.1, -0.05) is 48.5 Å². The molecule has 126 valence electrons. The number of carbonyl (C=O) groups excluding carboxylic acids is 1. The summed E-state index contributed by atoms with van der Waals surface area (Å²) >= 11 is 0. The molecule has 3 aromatic rings. The molecule has 0 radical (unpaired) electrons. The Morgan fingerprint density at radius 2 is 1.60 bits per heavy atom. The molecule has 0 saturated carbocycles. The van der Waals surface area contributed by atoms with E-state index in [0.29, 0.717) is 12.2 Å². The van der Waals surface area contributed by atoms with Crippen LogP contribution in [0.15, 0.2) is 72.8 Å². The second kappa shape index (κ2) is 8.06. The maximum Gasteiger partial charge on any atom is 0.229 e. The lowest BCUT2D eigenvalue weighted by atomic mass is 10.1. The van der Waals surface area contributed by atoms with Crippen LogP contribution in [-0.2, 0) is 11.2 Å². The van der Waals surface area contributed by atoms with E-state index < -0.39 is 0 Å². The molecule has 5 nitrogen and oxygen atoms in total. The van der Waals surface area contributed by atoms with Gasteiger partial charge < -0.3 is 10.2 Å². The van der Waals surface area contributed by atoms with Crippen LogP contribution in [0.1, 0.15) is 12.5 Å². The van der Waals surface area contributed by atoms with E-state index in [2.05, 4.69) is 27.3 Å². The Morgan fingerprint density at radius 3 is 2.20 bits per heavy atom. The second-order valence-electron chi connectivity index (χ2n) is 5.57. The predicted molar refractivity (Wildman–Crippen MR) is 99.9 cm³/mol. The van der Waals surface area contributed by atoms with Gasteiger partial charge in [-0.25, -0.2) is 0 Å². The predicted octanol–water partition coefficient (Wildman–Crippen LogP) is 3.82. The number of para-hydroxylation sites is 1. The van der Waals surface area contributed by atoms with Crippen LogP contribution in [-0.4, -0.2) is 22.6 Å². The van der Waals surface area contributed by atoms with Gasteiger partial charge in [0.2, 0.25) is 5.91 Å². The Morgan fingerprint density at radius 1 is 0.920 bits per heavy atom. The van der Waals surface area contributed by atoms with E-state index in [0.717, 1.165) is 23.6 Å². The molecule has 0 fully saturated rings. The van der Waals surface area contributed by atoms with E-state index in [1.165, 1.54) is 0 Å². The summed E-state index contributed by atoms with van der Waals surface area (Å²) in [6, 6.07) is 23.3. The summed E-state index contributed by atoms with van der Waals surface area (Å²) in [6.45, 7) is 2.84. The van der Waals surface area contributed by atoms with Gasteiger partial charge in [0.25, 0.3) is 0 Å². The zero-order chi connectivity index (χ0) is 17.5. The fraction of sp³-hybridized carbons (Fsp3) is 0.150. The van der Waals surface area contributed by atoms with Crippen molar-refractivity contribution >= 4 is 23.2 Å². The molecule has 0 spiro atoms. The molecule has 0 aliphatic heterocycles. The molecule has 0 aliphatic rings. The Labute approximate surface area is 147 Å². The number of carbonyl (C=O) groups is 1. The van der Waals surface area contributed by atoms with Gasteiger partial charge in [0, 0.05) is 12.2 Å². The smallest absolute Gasteiger partial charge is 0.229 e. The molecule has 3 rings (SSSR count). The Balaban J connectivity index is 1.66. The molecular formula is C20H20N4O. The summed E-state index contributed by atoms with van der Waals surface area (Å²) < 4.78 is 0. The standard InChI is InChI=1S/C20H20N4O/c1-2-24(17-11-7-4-8-12-17)19-14-13-18(22-23-19)21-20(25)15-16-9-5-3-6-10-16/h3-14H,2,15H2,1H3,(H,21,22,25). The first-order valence-corrected chi connectivity index (χ1v) is 8.26. The zero-order valence-corrected chi connectivity index (χ0v) is 14.1. The molecule has 0 unspecified atom stereocenters. The number of aromatic nitrogens is 2. The van der Waals surface area contributed by atoms with Crippen LogP contribution in [0.25, 0.3) is 0 Å². The number of benzene rings is 2. The fourth-order valence-corrected chi connectivity index (χ4v) is 2.59. The minimum absolute atomic E-state index is 0.108. The molecule has 1 aromatic heterocycles. The van der Waals surface area contributed by atoms with Crippen LogP contribution in [0, 0.1) is 0 Å². The van der Waals surface area contributed by atoms with Crippen molar-refractivity contribution in [1.29, 1.82) is 0 Å². The van der Waals surface area contributed by atoms with Crippen molar-refractivity contribution in [1.82, 2.24) is 10.2 Å². The lowest BCUT2D eigenvalue weighted by Gasteiger charge is -2.21. The number of hydrogen-bond acceptors (Lipinski definition) is 4. The van der Waals surface area contributed by atoms with Gasteiger partial charge in [0.05, 0.1) is 6.42 Å². The number of nitrogens with one attached hydrogen (secondary N) is 1. The minimum atomic E-state index is -0.108. The van der Waals surface area contributed by atoms with Gasteiger partial charge in [-0.2, -0.15) is 0 Å². The van der Waals surface area contributed by atoms with E-state index in [4.69, 9.17) is 0 Å². The molecule has 1 amide bonds. The molecule has 25 heavy (non-hydrogen) atoms. The van der Waals surface area contributed by atoms with Gasteiger partial charge in [0.15, 0.2) is 11.6 Å². The van der Waals surface area contributed by atoms with Crippen LogP contribution < -0.4 is 10.2 Å². The van der Waals surface area contributed by atoms with Crippen LogP contribution >= 0.6 is 0 Å². The minimum Gasteiger partial charge on any atom is -0.325 e. The quantitative estimate of drug-likeness (QED) is 0.745. The molecule has 5 heteroatoms. The van der Waals surface area contributed by atoms with Crippen molar-refractivity contribution in [3.8, 4) is 0 Å². The van der Waals surface area contributed by atoms with Crippen molar-refractivity contribution in [3.63, 3.8) is 0 Å². The van der Waals surface area contributed by atoms with Gasteiger partial charge in [-0.3, -0.25) is 4.79 Å². The van der Waals surface area contributed by atoms with Crippen molar-refractivity contribution in [3.05, 3.63) is 78.4 Å². The molecule has 0 aliphatic carbocycles. The zero-order valence-electron chi connectivity index (χ0n) is 14.1. The van der Waals surface area contributed by atoms with E-state index in [1.807, 2.05) is 66.7 Å². The first-order chi connectivity index (χ1) is 12.3. The number of rotatable bonds is 6. The van der Waals surface area contributed by atoms with Crippen LogP contribution in [0.5, 0.6) is 0 Å². The number of hydrogen-bond donors (Lipinski definition) is 1. The summed E-state index contributed by atoms with van der Waals surface area (Å²) in [5, 5.41) is 11.2. The van der Waals surface area contributed by atoms with Crippen LogP contribution in [0.3, 0.4) is 0 Å². The molecule has 1 heterocycles. The monoisotopic (exact) mass is 332 g/mol. The summed E-state index contributed by atoms with van der Waals surface area (Å²) in [6.07, 6.45) is 0.315. The highest BCUT2D eigenvalue weighted by Gasteiger charge is 2.10. The first kappa shape index (κ1) is 16.6. The highest BCUT2D eigenvalue weighted by atomic mass is 16.1. The highest BCUT2D eigenvalue weighted by Crippen LogP contribution is 2.22. The van der Waals surface area contributed by atoms with Crippen molar-refractivity contribution in [2.75, 3.05) is 16.8 Å². The molecule has 1 N–H and O–H groups in total. The second-order valence-corrected chi connectivity index (χ2v) is 5.57. The third-order valence-corrected chi connectivity index (χ3v) is 3.79. The SMILES string of the molecule is CCN(c1ccccc1)c1ccc(NC(=O)Cc2ccccc2)nn1. The molecule has 0 atom stereocenters. The molecule has 2 aromatic carbocycles. The topological polar surface area (TPSA) is 58.1 Å². The van der Waals surface area contributed by atoms with Crippen molar-refractivity contribution < 1.29 is 4.79 Å². The Kier molecular flexibility index (Phi) is 5.36. The van der Waals surface area contributed by atoms with Crippen LogP contribution in [0.2, 0.25) is 0 Å². The average Bonchev–Trinajstić information content (AvgIpc) is 2.65. The maximum atomic E-state index is 12.1. The maximum absolute atomic E-state index is 12.1.